The zero-order valence-electron chi connectivity index (χ0n) is 12.5. The monoisotopic (exact) mass is 292 g/mol. The number of methoxy groups -OCH3 is 1. The van der Waals surface area contributed by atoms with E-state index in [9.17, 15) is 9.90 Å². The van der Waals surface area contributed by atoms with Crippen molar-refractivity contribution in [3.05, 3.63) is 23.8 Å². The van der Waals surface area contributed by atoms with Gasteiger partial charge in [0.1, 0.15) is 5.75 Å². The fourth-order valence-corrected chi connectivity index (χ4v) is 2.99. The molecule has 4 N–H and O–H groups in total. The normalized spacial score (nSPS) is 21.8. The number of hydrogen-bond acceptors (Lipinski definition) is 4. The number of nitrogen functional groups attached to an aromatic ring is 1. The fourth-order valence-electron chi connectivity index (χ4n) is 2.99. The minimum Gasteiger partial charge on any atom is -0.497 e. The first kappa shape index (κ1) is 15.6. The molecule has 5 heteroatoms. The Kier molecular flexibility index (Phi) is 5.44. The third kappa shape index (κ3) is 3.88. The van der Waals surface area contributed by atoms with Crippen molar-refractivity contribution in [1.29, 1.82) is 0 Å². The van der Waals surface area contributed by atoms with Crippen molar-refractivity contribution in [1.82, 2.24) is 5.32 Å². The Morgan fingerprint density at radius 2 is 2.10 bits per heavy atom. The first-order valence-corrected chi connectivity index (χ1v) is 7.48. The van der Waals surface area contributed by atoms with Gasteiger partial charge in [0.2, 0.25) is 0 Å². The molecule has 1 aromatic carbocycles. The van der Waals surface area contributed by atoms with Crippen molar-refractivity contribution in [2.75, 3.05) is 26.0 Å². The third-order valence-corrected chi connectivity index (χ3v) is 4.33. The molecule has 0 heterocycles. The Labute approximate surface area is 125 Å². The van der Waals surface area contributed by atoms with Crippen molar-refractivity contribution in [2.45, 2.75) is 25.7 Å². The second-order valence-corrected chi connectivity index (χ2v) is 5.65. The molecule has 0 bridgehead atoms. The lowest BCUT2D eigenvalue weighted by atomic mass is 9.79. The summed E-state index contributed by atoms with van der Waals surface area (Å²) in [5.41, 5.74) is 6.76. The van der Waals surface area contributed by atoms with Gasteiger partial charge in [0.05, 0.1) is 12.7 Å². The van der Waals surface area contributed by atoms with Crippen LogP contribution in [0.2, 0.25) is 0 Å². The van der Waals surface area contributed by atoms with E-state index >= 15 is 0 Å². The fraction of sp³-hybridized carbons (Fsp3) is 0.562. The van der Waals surface area contributed by atoms with Crippen LogP contribution in [0.5, 0.6) is 5.75 Å². The molecule has 2 unspecified atom stereocenters. The number of amides is 1. The molecule has 0 aliphatic heterocycles. The van der Waals surface area contributed by atoms with Gasteiger partial charge in [-0.2, -0.15) is 0 Å². The Bertz CT molecular complexity index is 490. The van der Waals surface area contributed by atoms with Gasteiger partial charge in [0, 0.05) is 24.9 Å². The quantitative estimate of drug-likeness (QED) is 0.723. The molecular formula is C16H24N2O3. The molecular weight excluding hydrogens is 268 g/mol. The van der Waals surface area contributed by atoms with E-state index in [0.29, 0.717) is 35.4 Å². The average molecular weight is 292 g/mol. The maximum Gasteiger partial charge on any atom is 0.253 e. The molecule has 0 radical (unpaired) electrons. The molecule has 21 heavy (non-hydrogen) atoms. The van der Waals surface area contributed by atoms with Crippen LogP contribution in [0.15, 0.2) is 18.2 Å². The van der Waals surface area contributed by atoms with Crippen LogP contribution in [0.4, 0.5) is 5.69 Å². The van der Waals surface area contributed by atoms with Crippen LogP contribution in [0.3, 0.4) is 0 Å². The summed E-state index contributed by atoms with van der Waals surface area (Å²) in [6.45, 7) is 0.792. The summed E-state index contributed by atoms with van der Waals surface area (Å²) in [5, 5.41) is 12.3. The zero-order valence-corrected chi connectivity index (χ0v) is 12.5. The largest absolute Gasteiger partial charge is 0.497 e. The van der Waals surface area contributed by atoms with E-state index in [2.05, 4.69) is 5.32 Å². The molecule has 2 atom stereocenters. The van der Waals surface area contributed by atoms with Gasteiger partial charge in [-0.15, -0.1) is 0 Å². The van der Waals surface area contributed by atoms with E-state index in [1.807, 2.05) is 0 Å². The molecule has 0 spiro atoms. The van der Waals surface area contributed by atoms with E-state index in [-0.39, 0.29) is 12.5 Å². The highest BCUT2D eigenvalue weighted by molar-refractivity contribution is 5.99. The first-order chi connectivity index (χ1) is 10.2. The van der Waals surface area contributed by atoms with Gasteiger partial charge in [0.25, 0.3) is 5.91 Å². The number of rotatable bonds is 5. The number of ether oxygens (including phenoxy) is 1. The van der Waals surface area contributed by atoms with Crippen molar-refractivity contribution >= 4 is 11.6 Å². The summed E-state index contributed by atoms with van der Waals surface area (Å²) >= 11 is 0. The van der Waals surface area contributed by atoms with Crippen molar-refractivity contribution < 1.29 is 14.6 Å². The zero-order chi connectivity index (χ0) is 15.2. The maximum atomic E-state index is 12.2. The molecule has 0 saturated heterocycles. The predicted octanol–water partition coefficient (Wildman–Crippen LogP) is 1.81. The summed E-state index contributed by atoms with van der Waals surface area (Å²) in [4.78, 5) is 12.2. The molecule has 0 aromatic heterocycles. The standard InChI is InChI=1S/C16H24N2O3/c1-21-13-6-7-14(15(17)8-13)16(20)18-9-11-4-2-3-5-12(11)10-19/h6-8,11-12,19H,2-5,9-10,17H2,1H3,(H,18,20). The summed E-state index contributed by atoms with van der Waals surface area (Å²) in [6.07, 6.45) is 4.44. The van der Waals surface area contributed by atoms with E-state index in [4.69, 9.17) is 10.5 Å². The predicted molar refractivity (Wildman–Crippen MR) is 82.3 cm³/mol. The number of nitrogens with two attached hydrogens (primary N) is 1. The number of benzene rings is 1. The lowest BCUT2D eigenvalue weighted by Gasteiger charge is -2.30. The van der Waals surface area contributed by atoms with Crippen LogP contribution < -0.4 is 15.8 Å². The minimum atomic E-state index is -0.169. The summed E-state index contributed by atoms with van der Waals surface area (Å²) in [5.74, 6) is 1.12. The highest BCUT2D eigenvalue weighted by Gasteiger charge is 2.25. The minimum absolute atomic E-state index is 0.169. The lowest BCUT2D eigenvalue weighted by molar-refractivity contribution is 0.0910. The number of carbonyl (C=O) groups excluding carboxylic acids is 1. The molecule has 1 fully saturated rings. The number of carbonyl (C=O) groups is 1. The Morgan fingerprint density at radius 1 is 1.38 bits per heavy atom. The number of aliphatic hydroxyl groups excluding tert-OH is 1. The average Bonchev–Trinajstić information content (AvgIpc) is 2.52. The van der Waals surface area contributed by atoms with E-state index in [1.165, 1.54) is 12.8 Å². The van der Waals surface area contributed by atoms with Gasteiger partial charge in [-0.25, -0.2) is 0 Å². The van der Waals surface area contributed by atoms with Crippen LogP contribution in [0.1, 0.15) is 36.0 Å². The topological polar surface area (TPSA) is 84.6 Å². The van der Waals surface area contributed by atoms with Gasteiger partial charge in [-0.1, -0.05) is 12.8 Å². The van der Waals surface area contributed by atoms with Crippen LogP contribution in [-0.2, 0) is 0 Å². The third-order valence-electron chi connectivity index (χ3n) is 4.33. The van der Waals surface area contributed by atoms with E-state index in [1.54, 1.807) is 25.3 Å². The number of anilines is 1. The molecule has 1 amide bonds. The summed E-state index contributed by atoms with van der Waals surface area (Å²) < 4.78 is 5.07. The molecule has 1 saturated carbocycles. The first-order valence-electron chi connectivity index (χ1n) is 7.48. The number of nitrogens with one attached hydrogen (secondary N) is 1. The highest BCUT2D eigenvalue weighted by Crippen LogP contribution is 2.29. The number of hydrogen-bond donors (Lipinski definition) is 3. The van der Waals surface area contributed by atoms with Crippen molar-refractivity contribution in [3.8, 4) is 5.75 Å². The Morgan fingerprint density at radius 3 is 2.71 bits per heavy atom. The Hall–Kier alpha value is -1.75. The molecule has 2 rings (SSSR count). The summed E-state index contributed by atoms with van der Waals surface area (Å²) in [6, 6.07) is 5.04. The van der Waals surface area contributed by atoms with Gasteiger partial charge < -0.3 is 20.9 Å². The van der Waals surface area contributed by atoms with Crippen molar-refractivity contribution in [3.63, 3.8) is 0 Å². The maximum absolute atomic E-state index is 12.2. The van der Waals surface area contributed by atoms with Crippen LogP contribution >= 0.6 is 0 Å². The molecule has 1 aromatic rings. The van der Waals surface area contributed by atoms with Crippen LogP contribution in [-0.4, -0.2) is 31.3 Å². The van der Waals surface area contributed by atoms with Gasteiger partial charge in [-0.3, -0.25) is 4.79 Å². The SMILES string of the molecule is COc1ccc(C(=O)NCC2CCCCC2CO)c(N)c1. The molecule has 1 aliphatic carbocycles. The van der Waals surface area contributed by atoms with Gasteiger partial charge in [0.15, 0.2) is 0 Å². The van der Waals surface area contributed by atoms with Crippen LogP contribution in [0.25, 0.3) is 0 Å². The van der Waals surface area contributed by atoms with E-state index < -0.39 is 0 Å². The molecule has 116 valence electrons. The lowest BCUT2D eigenvalue weighted by Crippen LogP contribution is -2.35. The van der Waals surface area contributed by atoms with Crippen molar-refractivity contribution in [2.24, 2.45) is 11.8 Å². The molecule has 1 aliphatic rings. The number of aliphatic hydroxyl groups is 1. The second-order valence-electron chi connectivity index (χ2n) is 5.65. The smallest absolute Gasteiger partial charge is 0.253 e. The second kappa shape index (κ2) is 7.31. The Balaban J connectivity index is 1.95. The highest BCUT2D eigenvalue weighted by atomic mass is 16.5. The summed E-state index contributed by atoms with van der Waals surface area (Å²) in [7, 11) is 1.56. The van der Waals surface area contributed by atoms with Gasteiger partial charge >= 0.3 is 0 Å². The molecule has 5 nitrogen and oxygen atoms in total. The van der Waals surface area contributed by atoms with E-state index in [0.717, 1.165) is 12.8 Å². The van der Waals surface area contributed by atoms with Gasteiger partial charge in [-0.05, 0) is 36.8 Å². The van der Waals surface area contributed by atoms with Crippen LogP contribution in [0, 0.1) is 11.8 Å².